The Bertz CT molecular complexity index is 905. The molecule has 0 bridgehead atoms. The lowest BCUT2D eigenvalue weighted by Gasteiger charge is -2.44. The van der Waals surface area contributed by atoms with E-state index in [4.69, 9.17) is 9.47 Å². The second-order valence-corrected chi connectivity index (χ2v) is 7.17. The van der Waals surface area contributed by atoms with E-state index in [1.54, 1.807) is 15.9 Å². The van der Waals surface area contributed by atoms with Gasteiger partial charge < -0.3 is 14.4 Å². The predicted molar refractivity (Wildman–Crippen MR) is 99.8 cm³/mol. The number of carbonyl (C=O) groups is 2. The number of methoxy groups -OCH3 is 1. The molecule has 4 rings (SSSR count). The number of rotatable bonds is 4. The SMILES string of the molecule is COc1ccc(C(=O)N2CCN3C(=O)OCC3(Cc3ccccc3)C2)cc1F. The maximum atomic E-state index is 14.0. The topological polar surface area (TPSA) is 59.1 Å². The molecular formula is C21H21FN2O4. The number of fused-ring (bicyclic) bond motifs is 1. The monoisotopic (exact) mass is 384 g/mol. The number of benzene rings is 2. The molecule has 146 valence electrons. The molecule has 2 fully saturated rings. The lowest BCUT2D eigenvalue weighted by Crippen LogP contribution is -2.63. The first kappa shape index (κ1) is 18.3. The Morgan fingerprint density at radius 2 is 2.00 bits per heavy atom. The molecule has 2 aliphatic rings. The fourth-order valence-electron chi connectivity index (χ4n) is 3.99. The molecule has 0 spiro atoms. The van der Waals surface area contributed by atoms with Crippen LogP contribution in [0.4, 0.5) is 9.18 Å². The van der Waals surface area contributed by atoms with Crippen molar-refractivity contribution in [1.82, 2.24) is 9.80 Å². The second-order valence-electron chi connectivity index (χ2n) is 7.17. The van der Waals surface area contributed by atoms with Crippen molar-refractivity contribution in [3.8, 4) is 5.75 Å². The van der Waals surface area contributed by atoms with E-state index in [1.807, 2.05) is 30.3 Å². The molecule has 2 aliphatic heterocycles. The van der Waals surface area contributed by atoms with Gasteiger partial charge in [0.05, 0.1) is 7.11 Å². The minimum Gasteiger partial charge on any atom is -0.494 e. The van der Waals surface area contributed by atoms with E-state index in [2.05, 4.69) is 0 Å². The molecule has 1 atom stereocenters. The van der Waals surface area contributed by atoms with Crippen LogP contribution in [0.3, 0.4) is 0 Å². The molecule has 6 nitrogen and oxygen atoms in total. The lowest BCUT2D eigenvalue weighted by molar-refractivity contribution is 0.0375. The molecule has 7 heteroatoms. The first-order valence-corrected chi connectivity index (χ1v) is 9.13. The summed E-state index contributed by atoms with van der Waals surface area (Å²) in [5, 5.41) is 0. The number of piperazine rings is 1. The summed E-state index contributed by atoms with van der Waals surface area (Å²) in [6, 6.07) is 14.0. The van der Waals surface area contributed by atoms with E-state index in [-0.39, 0.29) is 29.9 Å². The van der Waals surface area contributed by atoms with Gasteiger partial charge in [-0.25, -0.2) is 9.18 Å². The molecular weight excluding hydrogens is 363 g/mol. The van der Waals surface area contributed by atoms with E-state index in [1.165, 1.54) is 19.2 Å². The quantitative estimate of drug-likeness (QED) is 0.813. The van der Waals surface area contributed by atoms with Gasteiger partial charge in [0.2, 0.25) is 0 Å². The minimum atomic E-state index is -0.614. The van der Waals surface area contributed by atoms with E-state index >= 15 is 0 Å². The lowest BCUT2D eigenvalue weighted by atomic mass is 9.88. The summed E-state index contributed by atoms with van der Waals surface area (Å²) >= 11 is 0. The summed E-state index contributed by atoms with van der Waals surface area (Å²) in [4.78, 5) is 28.6. The van der Waals surface area contributed by atoms with E-state index in [0.29, 0.717) is 26.1 Å². The second kappa shape index (κ2) is 7.14. The smallest absolute Gasteiger partial charge is 0.410 e. The summed E-state index contributed by atoms with van der Waals surface area (Å²) < 4.78 is 24.3. The summed E-state index contributed by atoms with van der Waals surface area (Å²) in [7, 11) is 1.38. The molecule has 2 heterocycles. The number of carbonyl (C=O) groups excluding carboxylic acids is 2. The normalized spacial score (nSPS) is 21.3. The van der Waals surface area contributed by atoms with Crippen molar-refractivity contribution in [2.45, 2.75) is 12.0 Å². The first-order chi connectivity index (χ1) is 13.5. The fourth-order valence-corrected chi connectivity index (χ4v) is 3.99. The van der Waals surface area contributed by atoms with Gasteiger partial charge in [0.25, 0.3) is 5.91 Å². The minimum absolute atomic E-state index is 0.0942. The summed E-state index contributed by atoms with van der Waals surface area (Å²) in [6.45, 7) is 1.32. The molecule has 0 radical (unpaired) electrons. The van der Waals surface area contributed by atoms with E-state index in [0.717, 1.165) is 5.56 Å². The molecule has 2 aromatic rings. The number of hydrogen-bond acceptors (Lipinski definition) is 4. The Morgan fingerprint density at radius 3 is 2.71 bits per heavy atom. The van der Waals surface area contributed by atoms with Crippen LogP contribution >= 0.6 is 0 Å². The van der Waals surface area contributed by atoms with Gasteiger partial charge >= 0.3 is 6.09 Å². The van der Waals surface area contributed by atoms with Crippen LogP contribution in [-0.2, 0) is 11.2 Å². The highest BCUT2D eigenvalue weighted by Crippen LogP contribution is 2.33. The fraction of sp³-hybridized carbons (Fsp3) is 0.333. The third kappa shape index (κ3) is 3.17. The van der Waals surface area contributed by atoms with Crippen molar-refractivity contribution in [2.24, 2.45) is 0 Å². The van der Waals surface area contributed by atoms with Crippen molar-refractivity contribution in [1.29, 1.82) is 0 Å². The number of hydrogen-bond donors (Lipinski definition) is 0. The van der Waals surface area contributed by atoms with Crippen LogP contribution in [0.2, 0.25) is 0 Å². The molecule has 0 N–H and O–H groups in total. The van der Waals surface area contributed by atoms with Crippen molar-refractivity contribution >= 4 is 12.0 Å². The highest BCUT2D eigenvalue weighted by atomic mass is 19.1. The molecule has 0 aromatic heterocycles. The largest absolute Gasteiger partial charge is 0.494 e. The average molecular weight is 384 g/mol. The zero-order valence-electron chi connectivity index (χ0n) is 15.6. The summed E-state index contributed by atoms with van der Waals surface area (Å²) in [6.07, 6.45) is 0.235. The van der Waals surface area contributed by atoms with Crippen LogP contribution < -0.4 is 4.74 Å². The van der Waals surface area contributed by atoms with E-state index in [9.17, 15) is 14.0 Å². The van der Waals surface area contributed by atoms with Crippen LogP contribution in [0, 0.1) is 5.82 Å². The predicted octanol–water partition coefficient (Wildman–Crippen LogP) is 2.72. The van der Waals surface area contributed by atoms with Gasteiger partial charge in [-0.3, -0.25) is 9.69 Å². The average Bonchev–Trinajstić information content (AvgIpc) is 3.03. The summed E-state index contributed by atoms with van der Waals surface area (Å²) in [5.74, 6) is -0.755. The Morgan fingerprint density at radius 1 is 1.21 bits per heavy atom. The van der Waals surface area contributed by atoms with Gasteiger partial charge in [0, 0.05) is 31.6 Å². The van der Waals surface area contributed by atoms with Crippen LogP contribution in [-0.4, -0.2) is 60.7 Å². The molecule has 2 aromatic carbocycles. The van der Waals surface area contributed by atoms with Gasteiger partial charge in [-0.2, -0.15) is 0 Å². The molecule has 28 heavy (non-hydrogen) atoms. The van der Waals surface area contributed by atoms with Gasteiger partial charge in [-0.05, 0) is 23.8 Å². The third-order valence-electron chi connectivity index (χ3n) is 5.40. The maximum Gasteiger partial charge on any atom is 0.410 e. The third-order valence-corrected chi connectivity index (χ3v) is 5.40. The summed E-state index contributed by atoms with van der Waals surface area (Å²) in [5.41, 5.74) is 0.708. The Balaban J connectivity index is 1.59. The van der Waals surface area contributed by atoms with Gasteiger partial charge in [-0.1, -0.05) is 30.3 Å². The van der Waals surface area contributed by atoms with E-state index < -0.39 is 11.4 Å². The highest BCUT2D eigenvalue weighted by Gasteiger charge is 2.51. The van der Waals surface area contributed by atoms with Crippen LogP contribution in [0.25, 0.3) is 0 Å². The molecule has 1 unspecified atom stereocenters. The van der Waals surface area contributed by atoms with Gasteiger partial charge in [-0.15, -0.1) is 0 Å². The van der Waals surface area contributed by atoms with Gasteiger partial charge in [0.1, 0.15) is 12.1 Å². The molecule has 0 saturated carbocycles. The Labute approximate surface area is 162 Å². The zero-order valence-corrected chi connectivity index (χ0v) is 15.6. The van der Waals surface area contributed by atoms with Crippen LogP contribution in [0.15, 0.2) is 48.5 Å². The number of nitrogens with zero attached hydrogens (tertiary/aromatic N) is 2. The Hall–Kier alpha value is -3.09. The van der Waals surface area contributed by atoms with Crippen molar-refractivity contribution in [3.63, 3.8) is 0 Å². The number of amides is 2. The standard InChI is InChI=1S/C21H21FN2O4/c1-27-18-8-7-16(11-17(18)22)19(25)23-9-10-24-20(26)28-14-21(24,13-23)12-15-5-3-2-4-6-15/h2-8,11H,9-10,12-14H2,1H3. The van der Waals surface area contributed by atoms with Crippen molar-refractivity contribution < 1.29 is 23.5 Å². The molecule has 0 aliphatic carbocycles. The number of ether oxygens (including phenoxy) is 2. The van der Waals surface area contributed by atoms with Gasteiger partial charge in [0.15, 0.2) is 11.6 Å². The van der Waals surface area contributed by atoms with Crippen LogP contribution in [0.5, 0.6) is 5.75 Å². The molecule has 2 saturated heterocycles. The zero-order chi connectivity index (χ0) is 19.7. The van der Waals surface area contributed by atoms with Crippen LogP contribution in [0.1, 0.15) is 15.9 Å². The first-order valence-electron chi connectivity index (χ1n) is 9.13. The highest BCUT2D eigenvalue weighted by molar-refractivity contribution is 5.94. The van der Waals surface area contributed by atoms with Crippen molar-refractivity contribution in [3.05, 3.63) is 65.5 Å². The Kier molecular flexibility index (Phi) is 4.66. The maximum absolute atomic E-state index is 14.0. The van der Waals surface area contributed by atoms with Crippen molar-refractivity contribution in [2.75, 3.05) is 33.4 Å². The number of cyclic esters (lactones) is 1. The molecule has 2 amide bonds. The number of halogens is 1.